The van der Waals surface area contributed by atoms with E-state index in [9.17, 15) is 17.6 Å². The molecule has 0 aromatic heterocycles. The highest BCUT2D eigenvalue weighted by Crippen LogP contribution is 2.19. The molecule has 5 nitrogen and oxygen atoms in total. The number of hydrogen-bond donors (Lipinski definition) is 2. The van der Waals surface area contributed by atoms with Crippen LogP contribution in [0.5, 0.6) is 0 Å². The molecule has 2 aromatic carbocycles. The van der Waals surface area contributed by atoms with Crippen LogP contribution in [0, 0.1) is 25.1 Å². The predicted molar refractivity (Wildman–Crippen MR) is 89.6 cm³/mol. The Kier molecular flexibility index (Phi) is 5.21. The number of aryl methyl sites for hydroxylation is 1. The molecule has 1 amide bonds. The molecular formula is C17H15FN2O3S. The lowest BCUT2D eigenvalue weighted by molar-refractivity contribution is 0.0958. The van der Waals surface area contributed by atoms with Crippen molar-refractivity contribution in [1.82, 2.24) is 5.32 Å². The standard InChI is InChI=1S/C17H15FN2O3S/c1-3-10-19-17(21)13-4-6-14(7-5-13)20-24(22,23)15-8-9-16(18)12(2)11-15/h1,4-9,11,20H,10H2,2H3,(H,19,21). The van der Waals surface area contributed by atoms with Crippen molar-refractivity contribution in [1.29, 1.82) is 0 Å². The molecule has 2 rings (SSSR count). The first-order valence-corrected chi connectivity index (χ1v) is 8.42. The van der Waals surface area contributed by atoms with E-state index in [4.69, 9.17) is 6.42 Å². The van der Waals surface area contributed by atoms with Gasteiger partial charge in [0, 0.05) is 11.3 Å². The summed E-state index contributed by atoms with van der Waals surface area (Å²) in [7, 11) is -3.84. The Balaban J connectivity index is 2.17. The largest absolute Gasteiger partial charge is 0.341 e. The van der Waals surface area contributed by atoms with Crippen LogP contribution in [-0.4, -0.2) is 20.9 Å². The topological polar surface area (TPSA) is 75.3 Å². The van der Waals surface area contributed by atoms with Crippen LogP contribution in [-0.2, 0) is 10.0 Å². The van der Waals surface area contributed by atoms with E-state index in [1.807, 2.05) is 0 Å². The number of halogens is 1. The van der Waals surface area contributed by atoms with Gasteiger partial charge in [-0.1, -0.05) is 5.92 Å². The van der Waals surface area contributed by atoms with Gasteiger partial charge in [-0.05, 0) is 55.0 Å². The number of amides is 1. The van der Waals surface area contributed by atoms with Gasteiger partial charge in [0.05, 0.1) is 11.4 Å². The number of nitrogens with one attached hydrogen (secondary N) is 2. The Hall–Kier alpha value is -2.85. The maximum Gasteiger partial charge on any atom is 0.261 e. The maximum absolute atomic E-state index is 13.3. The molecule has 2 N–H and O–H groups in total. The SMILES string of the molecule is C#CCNC(=O)c1ccc(NS(=O)(=O)c2ccc(F)c(C)c2)cc1. The monoisotopic (exact) mass is 346 g/mol. The lowest BCUT2D eigenvalue weighted by Gasteiger charge is -2.09. The zero-order chi connectivity index (χ0) is 17.7. The van der Waals surface area contributed by atoms with Crippen molar-refractivity contribution in [2.75, 3.05) is 11.3 Å². The number of benzene rings is 2. The van der Waals surface area contributed by atoms with Crippen molar-refractivity contribution in [3.8, 4) is 12.3 Å². The van der Waals surface area contributed by atoms with Crippen LogP contribution in [0.25, 0.3) is 0 Å². The molecule has 0 saturated heterocycles. The molecule has 0 radical (unpaired) electrons. The molecular weight excluding hydrogens is 331 g/mol. The first-order valence-electron chi connectivity index (χ1n) is 6.94. The molecule has 24 heavy (non-hydrogen) atoms. The van der Waals surface area contributed by atoms with Gasteiger partial charge < -0.3 is 5.32 Å². The van der Waals surface area contributed by atoms with Gasteiger partial charge in [0.15, 0.2) is 0 Å². The fourth-order valence-corrected chi connectivity index (χ4v) is 3.06. The summed E-state index contributed by atoms with van der Waals surface area (Å²) in [6.07, 6.45) is 5.06. The average Bonchev–Trinajstić information content (AvgIpc) is 2.55. The molecule has 0 spiro atoms. The fraction of sp³-hybridized carbons (Fsp3) is 0.118. The van der Waals surface area contributed by atoms with Crippen LogP contribution < -0.4 is 10.0 Å². The number of sulfonamides is 1. The zero-order valence-corrected chi connectivity index (χ0v) is 13.7. The molecule has 0 heterocycles. The third-order valence-electron chi connectivity index (χ3n) is 3.19. The number of hydrogen-bond acceptors (Lipinski definition) is 3. The van der Waals surface area contributed by atoms with E-state index in [0.717, 1.165) is 6.07 Å². The second-order valence-corrected chi connectivity index (χ2v) is 6.66. The van der Waals surface area contributed by atoms with E-state index in [1.54, 1.807) is 0 Å². The Morgan fingerprint density at radius 1 is 1.21 bits per heavy atom. The third-order valence-corrected chi connectivity index (χ3v) is 4.57. The van der Waals surface area contributed by atoms with Gasteiger partial charge in [0.25, 0.3) is 15.9 Å². The molecule has 0 unspecified atom stereocenters. The summed E-state index contributed by atoms with van der Waals surface area (Å²) in [5.74, 6) is 1.46. The summed E-state index contributed by atoms with van der Waals surface area (Å²) in [4.78, 5) is 11.7. The number of rotatable bonds is 5. The second-order valence-electron chi connectivity index (χ2n) is 4.98. The quantitative estimate of drug-likeness (QED) is 0.816. The summed E-state index contributed by atoms with van der Waals surface area (Å²) in [6.45, 7) is 1.59. The first-order chi connectivity index (χ1) is 11.3. The van der Waals surface area contributed by atoms with Crippen LogP contribution in [0.4, 0.5) is 10.1 Å². The van der Waals surface area contributed by atoms with Gasteiger partial charge in [0.1, 0.15) is 5.82 Å². The normalized spacial score (nSPS) is 10.7. The zero-order valence-electron chi connectivity index (χ0n) is 12.8. The van der Waals surface area contributed by atoms with E-state index >= 15 is 0 Å². The van der Waals surface area contributed by atoms with E-state index in [0.29, 0.717) is 5.56 Å². The van der Waals surface area contributed by atoms with E-state index in [1.165, 1.54) is 43.3 Å². The lowest BCUT2D eigenvalue weighted by Crippen LogP contribution is -2.23. The van der Waals surface area contributed by atoms with E-state index < -0.39 is 15.8 Å². The third kappa shape index (κ3) is 4.12. The van der Waals surface area contributed by atoms with Crippen LogP contribution in [0.3, 0.4) is 0 Å². The molecule has 124 valence electrons. The minimum Gasteiger partial charge on any atom is -0.341 e. The molecule has 0 bridgehead atoms. The van der Waals surface area contributed by atoms with Crippen molar-refractivity contribution in [2.45, 2.75) is 11.8 Å². The van der Waals surface area contributed by atoms with Crippen LogP contribution in [0.1, 0.15) is 15.9 Å². The summed E-state index contributed by atoms with van der Waals surface area (Å²) in [5, 5.41) is 2.50. The fourth-order valence-electron chi connectivity index (χ4n) is 1.92. The van der Waals surface area contributed by atoms with Gasteiger partial charge in [-0.25, -0.2) is 12.8 Å². The first kappa shape index (κ1) is 17.5. The smallest absolute Gasteiger partial charge is 0.261 e. The highest BCUT2D eigenvalue weighted by molar-refractivity contribution is 7.92. The average molecular weight is 346 g/mol. The Morgan fingerprint density at radius 2 is 1.88 bits per heavy atom. The van der Waals surface area contributed by atoms with Crippen molar-refractivity contribution >= 4 is 21.6 Å². The summed E-state index contributed by atoms with van der Waals surface area (Å²) >= 11 is 0. The minimum atomic E-state index is -3.84. The Labute approximate surface area is 139 Å². The number of terminal acetylenes is 1. The highest BCUT2D eigenvalue weighted by atomic mass is 32.2. The molecule has 0 aliphatic rings. The number of carbonyl (C=O) groups excluding carboxylic acids is 1. The van der Waals surface area contributed by atoms with Crippen molar-refractivity contribution < 1.29 is 17.6 Å². The lowest BCUT2D eigenvalue weighted by atomic mass is 10.2. The van der Waals surface area contributed by atoms with Gasteiger partial charge in [-0.15, -0.1) is 6.42 Å². The van der Waals surface area contributed by atoms with Crippen LogP contribution in [0.2, 0.25) is 0 Å². The van der Waals surface area contributed by atoms with Gasteiger partial charge in [-0.2, -0.15) is 0 Å². The highest BCUT2D eigenvalue weighted by Gasteiger charge is 2.15. The minimum absolute atomic E-state index is 0.0442. The van der Waals surface area contributed by atoms with E-state index in [-0.39, 0.29) is 28.6 Å². The van der Waals surface area contributed by atoms with Gasteiger partial charge in [0.2, 0.25) is 0 Å². The second kappa shape index (κ2) is 7.15. The van der Waals surface area contributed by atoms with Crippen molar-refractivity contribution in [2.24, 2.45) is 0 Å². The molecule has 0 fully saturated rings. The molecule has 0 aliphatic carbocycles. The van der Waals surface area contributed by atoms with Crippen molar-refractivity contribution in [3.05, 3.63) is 59.4 Å². The number of anilines is 1. The molecule has 0 saturated carbocycles. The molecule has 7 heteroatoms. The van der Waals surface area contributed by atoms with Gasteiger partial charge in [-0.3, -0.25) is 9.52 Å². The maximum atomic E-state index is 13.3. The summed E-state index contributed by atoms with van der Waals surface area (Å²) < 4.78 is 40.2. The molecule has 0 aliphatic heterocycles. The molecule has 0 atom stereocenters. The predicted octanol–water partition coefficient (Wildman–Crippen LogP) is 2.30. The Morgan fingerprint density at radius 3 is 2.46 bits per heavy atom. The van der Waals surface area contributed by atoms with Crippen molar-refractivity contribution in [3.63, 3.8) is 0 Å². The number of carbonyl (C=O) groups is 1. The van der Waals surface area contributed by atoms with Crippen LogP contribution >= 0.6 is 0 Å². The van der Waals surface area contributed by atoms with Gasteiger partial charge >= 0.3 is 0 Å². The Bertz CT molecular complexity index is 900. The summed E-state index contributed by atoms with van der Waals surface area (Å²) in [5.41, 5.74) is 0.870. The van der Waals surface area contributed by atoms with Crippen LogP contribution in [0.15, 0.2) is 47.4 Å². The van der Waals surface area contributed by atoms with E-state index in [2.05, 4.69) is 16.0 Å². The molecule has 2 aromatic rings. The summed E-state index contributed by atoms with van der Waals surface area (Å²) in [6, 6.07) is 9.39.